The average Bonchev–Trinajstić information content (AvgIpc) is 3.14. The van der Waals surface area contributed by atoms with Gasteiger partial charge in [-0.2, -0.15) is 0 Å². The Kier molecular flexibility index (Phi) is 11.9. The first-order chi connectivity index (χ1) is 25.2. The van der Waals surface area contributed by atoms with Gasteiger partial charge < -0.3 is 88.6 Å². The molecule has 3 fully saturated rings. The van der Waals surface area contributed by atoms with Gasteiger partial charge in [0.05, 0.1) is 26.4 Å². The Balaban J connectivity index is 1.19. The minimum Gasteiger partial charge on any atom is -0.507 e. The molecule has 3 aromatic rings. The predicted molar refractivity (Wildman–Crippen MR) is 174 cm³/mol. The molecule has 3 aliphatic heterocycles. The monoisotopic (exact) mass is 754 g/mol. The lowest BCUT2D eigenvalue weighted by Gasteiger charge is -2.46. The van der Waals surface area contributed by atoms with Gasteiger partial charge in [0.25, 0.3) is 0 Å². The molecule has 0 bridgehead atoms. The summed E-state index contributed by atoms with van der Waals surface area (Å²) in [5.41, 5.74) is -0.115. The number of phenols is 1. The molecule has 0 saturated carbocycles. The zero-order chi connectivity index (χ0) is 38.3. The van der Waals surface area contributed by atoms with Gasteiger partial charge in [-0.15, -0.1) is 0 Å². The molecule has 0 spiro atoms. The van der Waals surface area contributed by atoms with Crippen LogP contribution >= 0.6 is 0 Å². The molecule has 19 heteroatoms. The van der Waals surface area contributed by atoms with Crippen molar-refractivity contribution in [2.24, 2.45) is 0 Å². The van der Waals surface area contributed by atoms with E-state index < -0.39 is 117 Å². The van der Waals surface area contributed by atoms with Gasteiger partial charge in [0.1, 0.15) is 101 Å². The molecule has 1 aromatic heterocycles. The molecule has 10 N–H and O–H groups in total. The Morgan fingerprint density at radius 2 is 1.34 bits per heavy atom. The highest BCUT2D eigenvalue weighted by Gasteiger charge is 2.51. The molecule has 0 amide bonds. The number of phenolic OH excluding ortho intramolecular Hbond substituents is 1. The van der Waals surface area contributed by atoms with Crippen LogP contribution in [0.5, 0.6) is 17.2 Å². The highest BCUT2D eigenvalue weighted by Crippen LogP contribution is 2.35. The first-order valence-corrected chi connectivity index (χ1v) is 16.6. The first kappa shape index (κ1) is 39.2. The third-order valence-electron chi connectivity index (χ3n) is 9.43. The van der Waals surface area contributed by atoms with Gasteiger partial charge in [0, 0.05) is 23.8 Å². The van der Waals surface area contributed by atoms with Gasteiger partial charge in [-0.1, -0.05) is 0 Å². The number of ether oxygens (including phenoxy) is 7. The zero-order valence-corrected chi connectivity index (χ0v) is 28.3. The van der Waals surface area contributed by atoms with Crippen LogP contribution in [-0.4, -0.2) is 164 Å². The van der Waals surface area contributed by atoms with Crippen LogP contribution in [0, 0.1) is 0 Å². The fourth-order valence-corrected chi connectivity index (χ4v) is 6.30. The Morgan fingerprint density at radius 3 is 2.00 bits per heavy atom. The highest BCUT2D eigenvalue weighted by atomic mass is 16.8. The van der Waals surface area contributed by atoms with Crippen LogP contribution in [0.4, 0.5) is 0 Å². The van der Waals surface area contributed by atoms with Crippen LogP contribution in [0.15, 0.2) is 51.7 Å². The van der Waals surface area contributed by atoms with Crippen LogP contribution < -0.4 is 14.9 Å². The fraction of sp³-hybridized carbons (Fsp3) is 0.559. The fourth-order valence-electron chi connectivity index (χ4n) is 6.30. The maximum atomic E-state index is 12.9. The predicted octanol–water partition coefficient (Wildman–Crippen LogP) is -2.97. The van der Waals surface area contributed by atoms with Crippen molar-refractivity contribution in [1.82, 2.24) is 0 Å². The van der Waals surface area contributed by atoms with E-state index in [0.29, 0.717) is 11.3 Å². The van der Waals surface area contributed by atoms with Gasteiger partial charge in [-0.25, -0.2) is 0 Å². The number of aliphatic hydroxyl groups is 9. The number of aromatic hydroxyl groups is 1. The Morgan fingerprint density at radius 1 is 0.698 bits per heavy atom. The zero-order valence-electron chi connectivity index (χ0n) is 28.3. The van der Waals surface area contributed by atoms with Crippen molar-refractivity contribution in [3.63, 3.8) is 0 Å². The van der Waals surface area contributed by atoms with Gasteiger partial charge in [0.2, 0.25) is 6.29 Å². The minimum atomic E-state index is -1.87. The second kappa shape index (κ2) is 16.1. The minimum absolute atomic E-state index is 0.0844. The van der Waals surface area contributed by atoms with Gasteiger partial charge >= 0.3 is 0 Å². The van der Waals surface area contributed by atoms with E-state index in [0.717, 1.165) is 6.07 Å². The molecule has 292 valence electrons. The Labute approximate surface area is 300 Å². The SMILES string of the molecule is COc1ccc(-c2cc(=O)c3c(O)cc(O[C@@H]4O[C@H](CO[C@@H]5O[C@@H](C)[C@H](O)[C@@H](O)[C@H]5O[C@@H]5O[C@H](CO)[C@@H](O)[C@H](O)[C@H]5O)[C@@H](O)[C@H](O)[C@H]4O)cc3o2)cc1. The molecule has 3 aliphatic rings. The number of hydrogen-bond donors (Lipinski definition) is 10. The number of benzene rings is 2. The lowest BCUT2D eigenvalue weighted by atomic mass is 9.97. The molecule has 6 rings (SSSR count). The van der Waals surface area contributed by atoms with E-state index in [1.54, 1.807) is 24.3 Å². The number of aliphatic hydroxyl groups excluding tert-OH is 9. The van der Waals surface area contributed by atoms with E-state index in [4.69, 9.17) is 37.6 Å². The van der Waals surface area contributed by atoms with Crippen molar-refractivity contribution in [2.75, 3.05) is 20.3 Å². The van der Waals surface area contributed by atoms with Crippen molar-refractivity contribution in [2.45, 2.75) is 99.0 Å². The van der Waals surface area contributed by atoms with Gasteiger partial charge in [0.15, 0.2) is 18.0 Å². The van der Waals surface area contributed by atoms with Crippen molar-refractivity contribution in [3.05, 3.63) is 52.7 Å². The molecule has 0 radical (unpaired) electrons. The summed E-state index contributed by atoms with van der Waals surface area (Å²) in [4.78, 5) is 12.9. The van der Waals surface area contributed by atoms with E-state index >= 15 is 0 Å². The maximum absolute atomic E-state index is 12.9. The smallest absolute Gasteiger partial charge is 0.229 e. The van der Waals surface area contributed by atoms with Crippen molar-refractivity contribution >= 4 is 11.0 Å². The first-order valence-electron chi connectivity index (χ1n) is 16.6. The van der Waals surface area contributed by atoms with Gasteiger partial charge in [-0.3, -0.25) is 4.79 Å². The van der Waals surface area contributed by atoms with Gasteiger partial charge in [-0.05, 0) is 31.2 Å². The number of rotatable bonds is 10. The lowest BCUT2D eigenvalue weighted by Crippen LogP contribution is -2.64. The highest BCUT2D eigenvalue weighted by molar-refractivity contribution is 5.86. The summed E-state index contributed by atoms with van der Waals surface area (Å²) < 4.78 is 45.0. The maximum Gasteiger partial charge on any atom is 0.229 e. The summed E-state index contributed by atoms with van der Waals surface area (Å²) in [5, 5.41) is 104. The quantitative estimate of drug-likeness (QED) is 0.0988. The summed E-state index contributed by atoms with van der Waals surface area (Å²) in [6, 6.07) is 10.2. The van der Waals surface area contributed by atoms with E-state index in [1.807, 2.05) is 0 Å². The summed E-state index contributed by atoms with van der Waals surface area (Å²) in [7, 11) is 1.50. The summed E-state index contributed by atoms with van der Waals surface area (Å²) in [6.07, 6.45) is -24.6. The number of fused-ring (bicyclic) bond motifs is 1. The average molecular weight is 755 g/mol. The van der Waals surface area contributed by atoms with Crippen LogP contribution in [0.1, 0.15) is 6.92 Å². The molecule has 15 atom stereocenters. The number of hydrogen-bond acceptors (Lipinski definition) is 19. The third kappa shape index (κ3) is 7.86. The molecule has 19 nitrogen and oxygen atoms in total. The normalized spacial score (nSPS) is 37.8. The van der Waals surface area contributed by atoms with E-state index in [2.05, 4.69) is 0 Å². The molecule has 0 unspecified atom stereocenters. The van der Waals surface area contributed by atoms with Crippen LogP contribution in [0.25, 0.3) is 22.3 Å². The molecule has 2 aromatic carbocycles. The summed E-state index contributed by atoms with van der Waals surface area (Å²) in [5.74, 6) is 0.0581. The third-order valence-corrected chi connectivity index (χ3v) is 9.43. The molecular formula is C34H42O19. The molecule has 53 heavy (non-hydrogen) atoms. The largest absolute Gasteiger partial charge is 0.507 e. The summed E-state index contributed by atoms with van der Waals surface area (Å²) in [6.45, 7) is 0.0222. The molecule has 0 aliphatic carbocycles. The molecule has 4 heterocycles. The molecular weight excluding hydrogens is 712 g/mol. The van der Waals surface area contributed by atoms with Crippen molar-refractivity contribution in [1.29, 1.82) is 0 Å². The lowest BCUT2D eigenvalue weighted by molar-refractivity contribution is -0.369. The van der Waals surface area contributed by atoms with E-state index in [-0.39, 0.29) is 22.5 Å². The second-order valence-corrected chi connectivity index (χ2v) is 13.0. The second-order valence-electron chi connectivity index (χ2n) is 13.0. The standard InChI is InChI=1S/C34H42O19/c1-12-23(38)28(43)31(53-33-30(45)26(41)24(39)20(10-35)51-33)34(48-12)47-11-21-25(40)27(42)29(44)32(52-21)49-15-7-16(36)22-17(37)9-18(50-19(22)8-15)13-3-5-14(46-2)6-4-13/h3-9,12,20-21,23-36,38-45H,10-11H2,1-2H3/t12-,20+,21+,23-,24+,25+,26-,27-,28+,29+,30+,31+,32+,33-,34+/m0/s1. The van der Waals surface area contributed by atoms with Crippen molar-refractivity contribution < 1.29 is 88.6 Å². The topological polar surface area (TPSA) is 297 Å². The number of methoxy groups -OCH3 is 1. The molecule has 3 saturated heterocycles. The van der Waals surface area contributed by atoms with Crippen LogP contribution in [0.2, 0.25) is 0 Å². The van der Waals surface area contributed by atoms with E-state index in [9.17, 15) is 55.9 Å². The Bertz CT molecular complexity index is 1750. The summed E-state index contributed by atoms with van der Waals surface area (Å²) >= 11 is 0. The van der Waals surface area contributed by atoms with Crippen LogP contribution in [-0.2, 0) is 23.7 Å². The van der Waals surface area contributed by atoms with Crippen molar-refractivity contribution in [3.8, 4) is 28.6 Å². The Hall–Kier alpha value is -3.51. The van der Waals surface area contributed by atoms with E-state index in [1.165, 1.54) is 26.2 Å². The van der Waals surface area contributed by atoms with Crippen LogP contribution in [0.3, 0.4) is 0 Å².